The quantitative estimate of drug-likeness (QED) is 0.0518. The van der Waals surface area contributed by atoms with Gasteiger partial charge in [-0.2, -0.15) is 0 Å². The van der Waals surface area contributed by atoms with Crippen molar-refractivity contribution in [2.75, 3.05) is 13.2 Å². The molecule has 0 amide bonds. The lowest BCUT2D eigenvalue weighted by Crippen LogP contribution is -2.76. The molecule has 13 N–H and O–H groups in total. The molecule has 5 aliphatic carbocycles. The highest BCUT2D eigenvalue weighted by Crippen LogP contribution is 2.76. The van der Waals surface area contributed by atoms with Gasteiger partial charge in [-0.1, -0.05) is 66.2 Å². The monoisotopic (exact) mass is 1070 g/mol. The summed E-state index contributed by atoms with van der Waals surface area (Å²) in [5.74, 6) is -3.19. The maximum Gasteiger partial charge on any atom is 0.335 e. The minimum Gasteiger partial charge on any atom is -0.479 e. The highest BCUT2D eigenvalue weighted by molar-refractivity contribution is 5.87. The minimum atomic E-state index is -2.07. The molecule has 4 saturated carbocycles. The number of esters is 1. The third-order valence-electron chi connectivity index (χ3n) is 20.7. The van der Waals surface area contributed by atoms with Crippen LogP contribution in [0, 0.1) is 50.2 Å². The molecule has 0 aromatic carbocycles. The standard InChI is InChI=1S/C53H84O22/c1-11-21(2)44(68)75-42-41(65)48(4,5)18-24-23-12-13-27-50(8)16-15-28(49(6,7)26(50)14-17-51(27,9)52(23,10)39(63)40(64)53(24,42)20-55)71-47-37(73-46-34(61)32(59)30(57)25(19-54)70-46)35(62)36(38(74-47)43(66)67)72-45-33(60)31(58)29(56)22(3)69-45/h11-12,22,24-42,45-47,54-65H,13-20H2,1-10H3,(H,66,67)/b21-11-/t22-,24-,25+,26-,27+,28-,29-,30+,31+,32-,33+,34+,35-,36-,37+,38-,39-,40+,41-,42-,45-,46-,47+,50-,51+,52-,53-/m0/s1. The van der Waals surface area contributed by atoms with Crippen LogP contribution in [0.4, 0.5) is 0 Å². The predicted molar refractivity (Wildman–Crippen MR) is 258 cm³/mol. The third kappa shape index (κ3) is 8.91. The van der Waals surface area contributed by atoms with Crippen LogP contribution in [0.2, 0.25) is 0 Å². The Morgan fingerprint density at radius 1 is 0.707 bits per heavy atom. The number of carbonyl (C=O) groups is 2. The molecule has 0 unspecified atom stereocenters. The number of carbonyl (C=O) groups excluding carboxylic acids is 1. The molecule has 27 atom stereocenters. The van der Waals surface area contributed by atoms with Crippen molar-refractivity contribution in [1.82, 2.24) is 0 Å². The summed E-state index contributed by atoms with van der Waals surface area (Å²) in [5.41, 5.74) is -4.35. The highest BCUT2D eigenvalue weighted by atomic mass is 16.8. The lowest BCUT2D eigenvalue weighted by atomic mass is 9.32. The minimum absolute atomic E-state index is 0.113. The Kier molecular flexibility index (Phi) is 16.2. The van der Waals surface area contributed by atoms with Crippen LogP contribution in [0.5, 0.6) is 0 Å². The molecule has 0 radical (unpaired) electrons. The van der Waals surface area contributed by atoms with Gasteiger partial charge in [0, 0.05) is 11.0 Å². The topological polar surface area (TPSA) is 362 Å². The lowest BCUT2D eigenvalue weighted by Gasteiger charge is -2.73. The highest BCUT2D eigenvalue weighted by Gasteiger charge is 2.76. The fourth-order valence-corrected chi connectivity index (χ4v) is 15.8. The molecule has 8 aliphatic rings. The van der Waals surface area contributed by atoms with E-state index in [1.807, 2.05) is 34.6 Å². The Balaban J connectivity index is 1.11. The average Bonchev–Trinajstić information content (AvgIpc) is 3.36. The second-order valence-electron chi connectivity index (χ2n) is 25.1. The Morgan fingerprint density at radius 3 is 1.92 bits per heavy atom. The van der Waals surface area contributed by atoms with Crippen molar-refractivity contribution in [3.63, 3.8) is 0 Å². The van der Waals surface area contributed by atoms with Gasteiger partial charge in [0.05, 0.1) is 49.1 Å². The first-order valence-electron chi connectivity index (χ1n) is 26.6. The number of aliphatic carboxylic acids is 1. The summed E-state index contributed by atoms with van der Waals surface area (Å²) >= 11 is 0. The second-order valence-corrected chi connectivity index (χ2v) is 25.1. The summed E-state index contributed by atoms with van der Waals surface area (Å²) in [6, 6.07) is 0. The number of fused-ring (bicyclic) bond motifs is 7. The fourth-order valence-electron chi connectivity index (χ4n) is 15.8. The van der Waals surface area contributed by atoms with Crippen LogP contribution in [0.1, 0.15) is 108 Å². The van der Waals surface area contributed by atoms with E-state index < -0.39 is 186 Å². The SMILES string of the molecule is C/C=C(/C)C(=O)O[C@H]1[C@H](O)C(C)(C)C[C@H]2C3=CC[C@@H]4[C@@]5(C)CC[C@H](O[C@@H]6O[C@H](C(=O)O)[C@@H](O[C@@H]7O[C@@H](C)[C@H](O)[C@@H](O)[C@H]7O)[C@H](O)[C@H]6O[C@@H]6O[C@H](CO)[C@@H](O)[C@H](O)[C@H]6O)C(C)(C)[C@@H]5CC[C@@]4(C)[C@]3(C)[C@@H](O)[C@@H](O)[C@]21CO. The molecule has 0 aromatic heterocycles. The van der Waals surface area contributed by atoms with Crippen LogP contribution < -0.4 is 0 Å². The number of rotatable bonds is 11. The molecule has 22 heteroatoms. The van der Waals surface area contributed by atoms with Crippen molar-refractivity contribution in [2.24, 2.45) is 50.2 Å². The van der Waals surface area contributed by atoms with Crippen LogP contribution in [0.25, 0.3) is 0 Å². The zero-order chi connectivity index (χ0) is 55.6. The van der Waals surface area contributed by atoms with Crippen LogP contribution in [0.15, 0.2) is 23.3 Å². The van der Waals surface area contributed by atoms with Crippen molar-refractivity contribution in [1.29, 1.82) is 0 Å². The van der Waals surface area contributed by atoms with Crippen molar-refractivity contribution in [3.8, 4) is 0 Å². The Labute approximate surface area is 437 Å². The molecule has 0 spiro atoms. The molecule has 22 nitrogen and oxygen atoms in total. The maximum atomic E-state index is 13.4. The zero-order valence-corrected chi connectivity index (χ0v) is 44.6. The number of hydrogen-bond acceptors (Lipinski definition) is 21. The number of aliphatic hydroxyl groups is 12. The fraction of sp³-hybridized carbons (Fsp3) is 0.887. The van der Waals surface area contributed by atoms with Gasteiger partial charge < -0.3 is 99.5 Å². The molecule has 75 heavy (non-hydrogen) atoms. The third-order valence-corrected chi connectivity index (χ3v) is 20.7. The first-order chi connectivity index (χ1) is 34.9. The van der Waals surface area contributed by atoms with E-state index in [0.29, 0.717) is 38.5 Å². The molecule has 3 aliphatic heterocycles. The lowest BCUT2D eigenvalue weighted by molar-refractivity contribution is -0.390. The summed E-state index contributed by atoms with van der Waals surface area (Å²) in [5, 5.41) is 146. The second kappa shape index (κ2) is 20.7. The summed E-state index contributed by atoms with van der Waals surface area (Å²) in [4.78, 5) is 26.5. The van der Waals surface area contributed by atoms with Gasteiger partial charge in [-0.15, -0.1) is 0 Å². The first-order valence-corrected chi connectivity index (χ1v) is 26.6. The molecule has 3 heterocycles. The normalized spacial score (nSPS) is 52.5. The number of carboxylic acid groups (broad SMARTS) is 1. The van der Waals surface area contributed by atoms with Crippen LogP contribution >= 0.6 is 0 Å². The number of hydrogen-bond donors (Lipinski definition) is 13. The van der Waals surface area contributed by atoms with E-state index in [0.717, 1.165) is 5.57 Å². The van der Waals surface area contributed by atoms with Crippen LogP contribution in [-0.2, 0) is 42.7 Å². The van der Waals surface area contributed by atoms with Gasteiger partial charge >= 0.3 is 11.9 Å². The van der Waals surface area contributed by atoms with Gasteiger partial charge in [0.1, 0.15) is 67.1 Å². The zero-order valence-electron chi connectivity index (χ0n) is 44.6. The van der Waals surface area contributed by atoms with Crippen molar-refractivity contribution in [2.45, 2.75) is 230 Å². The molecule has 428 valence electrons. The largest absolute Gasteiger partial charge is 0.479 e. The number of allylic oxidation sites excluding steroid dienone is 2. The first kappa shape index (κ1) is 58.8. The molecule has 0 aromatic rings. The van der Waals surface area contributed by atoms with Gasteiger partial charge in [-0.25, -0.2) is 9.59 Å². The molecule has 0 bridgehead atoms. The molecule has 3 saturated heterocycles. The van der Waals surface area contributed by atoms with E-state index in [1.165, 1.54) is 6.92 Å². The summed E-state index contributed by atoms with van der Waals surface area (Å²) in [7, 11) is 0. The summed E-state index contributed by atoms with van der Waals surface area (Å²) in [6.45, 7) is 17.3. The van der Waals surface area contributed by atoms with Crippen molar-refractivity contribution in [3.05, 3.63) is 23.3 Å². The van der Waals surface area contributed by atoms with E-state index in [1.54, 1.807) is 19.9 Å². The van der Waals surface area contributed by atoms with E-state index in [4.69, 9.17) is 33.2 Å². The molecule has 7 fully saturated rings. The number of carboxylic acids is 1. The summed E-state index contributed by atoms with van der Waals surface area (Å²) < 4.78 is 42.3. The molecular weight excluding hydrogens is 989 g/mol. The van der Waals surface area contributed by atoms with Gasteiger partial charge in [0.15, 0.2) is 25.0 Å². The summed E-state index contributed by atoms with van der Waals surface area (Å²) in [6.07, 6.45) is -26.7. The van der Waals surface area contributed by atoms with E-state index in [-0.39, 0.29) is 17.4 Å². The number of aliphatic hydroxyl groups excluding tert-OH is 12. The predicted octanol–water partition coefficient (Wildman–Crippen LogP) is -0.866. The van der Waals surface area contributed by atoms with Crippen molar-refractivity contribution < 1.29 is 109 Å². The van der Waals surface area contributed by atoms with E-state index in [9.17, 15) is 76.0 Å². The smallest absolute Gasteiger partial charge is 0.335 e. The average molecular weight is 1070 g/mol. The van der Waals surface area contributed by atoms with Crippen LogP contribution in [-0.4, -0.2) is 214 Å². The molecular formula is C53H84O22. The maximum absolute atomic E-state index is 13.4. The van der Waals surface area contributed by atoms with Gasteiger partial charge in [-0.3, -0.25) is 0 Å². The van der Waals surface area contributed by atoms with Crippen LogP contribution in [0.3, 0.4) is 0 Å². The number of ether oxygens (including phenoxy) is 7. The van der Waals surface area contributed by atoms with E-state index in [2.05, 4.69) is 19.9 Å². The Hall–Kier alpha value is -2.30. The van der Waals surface area contributed by atoms with Gasteiger partial charge in [0.2, 0.25) is 0 Å². The van der Waals surface area contributed by atoms with Crippen molar-refractivity contribution >= 4 is 11.9 Å². The Morgan fingerprint density at radius 2 is 1.32 bits per heavy atom. The van der Waals surface area contributed by atoms with E-state index >= 15 is 0 Å². The molecule has 8 rings (SSSR count). The van der Waals surface area contributed by atoms with Gasteiger partial charge in [-0.05, 0) is 98.7 Å². The Bertz CT molecular complexity index is 2170. The van der Waals surface area contributed by atoms with Gasteiger partial charge in [0.25, 0.3) is 0 Å².